The second-order valence-electron chi connectivity index (χ2n) is 4.64. The van der Waals surface area contributed by atoms with Gasteiger partial charge in [-0.25, -0.2) is 4.98 Å². The Morgan fingerprint density at radius 3 is 2.73 bits per heavy atom. The Hall–Kier alpha value is -1.64. The van der Waals surface area contributed by atoms with E-state index < -0.39 is 0 Å². The van der Waals surface area contributed by atoms with Crippen molar-refractivity contribution in [3.05, 3.63) is 30.6 Å². The van der Waals surface area contributed by atoms with Gasteiger partial charge < -0.3 is 5.32 Å². The first-order valence-electron chi connectivity index (χ1n) is 5.03. The zero-order chi connectivity index (χ0) is 10.9. The lowest BCUT2D eigenvalue weighted by Crippen LogP contribution is -2.26. The van der Waals surface area contributed by atoms with Gasteiger partial charge in [0, 0.05) is 29.4 Å². The van der Waals surface area contributed by atoms with Gasteiger partial charge in [0.2, 0.25) is 0 Å². The van der Waals surface area contributed by atoms with Gasteiger partial charge in [0.1, 0.15) is 5.82 Å². The van der Waals surface area contributed by atoms with Crippen LogP contribution in [-0.4, -0.2) is 15.5 Å². The highest BCUT2D eigenvalue weighted by molar-refractivity contribution is 5.79. The molecule has 0 atom stereocenters. The molecule has 15 heavy (non-hydrogen) atoms. The molecule has 0 aliphatic rings. The Morgan fingerprint density at radius 2 is 2.00 bits per heavy atom. The van der Waals surface area contributed by atoms with Crippen LogP contribution in [0.3, 0.4) is 0 Å². The summed E-state index contributed by atoms with van der Waals surface area (Å²) in [6.07, 6.45) is 3.64. The number of anilines is 1. The van der Waals surface area contributed by atoms with E-state index in [2.05, 4.69) is 36.1 Å². The third-order valence-electron chi connectivity index (χ3n) is 1.99. The van der Waals surface area contributed by atoms with Gasteiger partial charge in [-0.1, -0.05) is 0 Å². The molecule has 0 saturated heterocycles. The summed E-state index contributed by atoms with van der Waals surface area (Å²) in [5, 5.41) is 4.39. The van der Waals surface area contributed by atoms with E-state index in [1.807, 2.05) is 24.4 Å². The van der Waals surface area contributed by atoms with Gasteiger partial charge in [0.15, 0.2) is 0 Å². The predicted molar refractivity (Wildman–Crippen MR) is 62.9 cm³/mol. The number of aromatic nitrogens is 2. The summed E-state index contributed by atoms with van der Waals surface area (Å²) in [5.74, 6) is 0.869. The van der Waals surface area contributed by atoms with Crippen molar-refractivity contribution in [1.82, 2.24) is 9.97 Å². The summed E-state index contributed by atoms with van der Waals surface area (Å²) < 4.78 is 0. The van der Waals surface area contributed by atoms with Crippen LogP contribution in [-0.2, 0) is 0 Å². The van der Waals surface area contributed by atoms with Crippen molar-refractivity contribution in [2.75, 3.05) is 5.32 Å². The maximum atomic E-state index is 4.34. The normalized spacial score (nSPS) is 11.7. The average Bonchev–Trinajstić information content (AvgIpc) is 2.15. The number of hydrogen-bond acceptors (Lipinski definition) is 3. The lowest BCUT2D eigenvalue weighted by atomic mass is 10.1. The molecule has 0 unspecified atom stereocenters. The molecule has 0 aliphatic heterocycles. The van der Waals surface area contributed by atoms with Gasteiger partial charge in [-0.15, -0.1) is 0 Å². The van der Waals surface area contributed by atoms with Crippen LogP contribution in [0.5, 0.6) is 0 Å². The number of hydrogen-bond donors (Lipinski definition) is 1. The predicted octanol–water partition coefficient (Wildman–Crippen LogP) is 2.84. The minimum Gasteiger partial charge on any atom is -0.365 e. The van der Waals surface area contributed by atoms with E-state index in [9.17, 15) is 0 Å². The van der Waals surface area contributed by atoms with Crippen LogP contribution in [0.15, 0.2) is 30.6 Å². The molecular formula is C12H15N3. The van der Waals surface area contributed by atoms with E-state index in [4.69, 9.17) is 0 Å². The fourth-order valence-corrected chi connectivity index (χ4v) is 1.42. The number of pyridine rings is 2. The summed E-state index contributed by atoms with van der Waals surface area (Å²) in [6.45, 7) is 6.33. The summed E-state index contributed by atoms with van der Waals surface area (Å²) in [6, 6.07) is 5.90. The summed E-state index contributed by atoms with van der Waals surface area (Å²) >= 11 is 0. The van der Waals surface area contributed by atoms with E-state index in [1.165, 1.54) is 0 Å². The van der Waals surface area contributed by atoms with Gasteiger partial charge >= 0.3 is 0 Å². The van der Waals surface area contributed by atoms with Crippen LogP contribution in [0.25, 0.3) is 10.9 Å². The molecule has 0 aromatic carbocycles. The summed E-state index contributed by atoms with van der Waals surface area (Å²) in [7, 11) is 0. The number of nitrogens with zero attached hydrogens (tertiary/aromatic N) is 2. The number of rotatable bonds is 1. The molecule has 0 bridgehead atoms. The Kier molecular flexibility index (Phi) is 2.31. The monoisotopic (exact) mass is 201 g/mol. The van der Waals surface area contributed by atoms with Crippen LogP contribution in [0.2, 0.25) is 0 Å². The Labute approximate surface area is 89.6 Å². The van der Waals surface area contributed by atoms with Crippen molar-refractivity contribution in [2.24, 2.45) is 0 Å². The summed E-state index contributed by atoms with van der Waals surface area (Å²) in [4.78, 5) is 8.63. The molecule has 2 heterocycles. The zero-order valence-electron chi connectivity index (χ0n) is 9.28. The zero-order valence-corrected chi connectivity index (χ0v) is 9.28. The lowest BCUT2D eigenvalue weighted by molar-refractivity contribution is 0.630. The van der Waals surface area contributed by atoms with Crippen molar-refractivity contribution in [3.8, 4) is 0 Å². The third kappa shape index (κ3) is 2.43. The topological polar surface area (TPSA) is 37.8 Å². The average molecular weight is 201 g/mol. The fourth-order valence-electron chi connectivity index (χ4n) is 1.42. The van der Waals surface area contributed by atoms with E-state index in [1.54, 1.807) is 6.20 Å². The van der Waals surface area contributed by atoms with Gasteiger partial charge in [0.25, 0.3) is 0 Å². The van der Waals surface area contributed by atoms with Gasteiger partial charge in [-0.2, -0.15) is 0 Å². The van der Waals surface area contributed by atoms with Crippen LogP contribution in [0, 0.1) is 0 Å². The molecule has 0 aliphatic carbocycles. The Morgan fingerprint density at radius 1 is 1.20 bits per heavy atom. The third-order valence-corrected chi connectivity index (χ3v) is 1.99. The van der Waals surface area contributed by atoms with Crippen LogP contribution >= 0.6 is 0 Å². The molecular weight excluding hydrogens is 186 g/mol. The highest BCUT2D eigenvalue weighted by Gasteiger charge is 2.10. The molecule has 0 spiro atoms. The van der Waals surface area contributed by atoms with Crippen molar-refractivity contribution >= 4 is 16.7 Å². The molecule has 3 heteroatoms. The van der Waals surface area contributed by atoms with E-state index >= 15 is 0 Å². The van der Waals surface area contributed by atoms with Crippen molar-refractivity contribution < 1.29 is 0 Å². The molecule has 78 valence electrons. The molecule has 3 nitrogen and oxygen atoms in total. The molecule has 0 fully saturated rings. The second-order valence-corrected chi connectivity index (χ2v) is 4.64. The van der Waals surface area contributed by atoms with Crippen LogP contribution < -0.4 is 5.32 Å². The molecule has 0 radical (unpaired) electrons. The van der Waals surface area contributed by atoms with E-state index in [0.29, 0.717) is 0 Å². The van der Waals surface area contributed by atoms with E-state index in [0.717, 1.165) is 16.7 Å². The summed E-state index contributed by atoms with van der Waals surface area (Å²) in [5.41, 5.74) is 0.995. The van der Waals surface area contributed by atoms with E-state index in [-0.39, 0.29) is 5.54 Å². The largest absolute Gasteiger partial charge is 0.365 e. The standard InChI is InChI=1S/C12H15N3/c1-12(2,3)15-11-7-10-9(8-14-11)5-4-6-13-10/h4-8H,1-3H3,(H,14,15). The highest BCUT2D eigenvalue weighted by atomic mass is 15.0. The molecule has 0 amide bonds. The molecule has 2 rings (SSSR count). The highest BCUT2D eigenvalue weighted by Crippen LogP contribution is 2.16. The first kappa shape index (κ1) is 9.90. The van der Waals surface area contributed by atoms with Crippen LogP contribution in [0.4, 0.5) is 5.82 Å². The van der Waals surface area contributed by atoms with Crippen molar-refractivity contribution in [2.45, 2.75) is 26.3 Å². The van der Waals surface area contributed by atoms with Crippen molar-refractivity contribution in [1.29, 1.82) is 0 Å². The van der Waals surface area contributed by atoms with Gasteiger partial charge in [-0.3, -0.25) is 4.98 Å². The smallest absolute Gasteiger partial charge is 0.128 e. The molecule has 2 aromatic rings. The minimum absolute atomic E-state index is 0.0233. The second kappa shape index (κ2) is 3.50. The van der Waals surface area contributed by atoms with Crippen molar-refractivity contribution in [3.63, 3.8) is 0 Å². The fraction of sp³-hybridized carbons (Fsp3) is 0.333. The van der Waals surface area contributed by atoms with Gasteiger partial charge in [0.05, 0.1) is 5.52 Å². The molecule has 2 aromatic heterocycles. The minimum atomic E-state index is 0.0233. The number of fused-ring (bicyclic) bond motifs is 1. The van der Waals surface area contributed by atoms with Crippen LogP contribution in [0.1, 0.15) is 20.8 Å². The van der Waals surface area contributed by atoms with Gasteiger partial charge in [-0.05, 0) is 32.9 Å². The number of nitrogens with one attached hydrogen (secondary N) is 1. The first-order valence-corrected chi connectivity index (χ1v) is 5.03. The SMILES string of the molecule is CC(C)(C)Nc1cc2ncccc2cn1. The molecule has 1 N–H and O–H groups in total. The first-order chi connectivity index (χ1) is 7.04. The Bertz CT molecular complexity index is 471. The quantitative estimate of drug-likeness (QED) is 0.771. The lowest BCUT2D eigenvalue weighted by Gasteiger charge is -2.21. The maximum absolute atomic E-state index is 4.34. The maximum Gasteiger partial charge on any atom is 0.128 e. The Balaban J connectivity index is 2.39. The molecule has 0 saturated carbocycles.